The summed E-state index contributed by atoms with van der Waals surface area (Å²) in [4.78, 5) is 14.5. The molecule has 2 N–H and O–H groups in total. The van der Waals surface area contributed by atoms with Crippen LogP contribution in [0.3, 0.4) is 0 Å². The molecule has 0 radical (unpaired) electrons. The van der Waals surface area contributed by atoms with Crippen LogP contribution in [0.2, 0.25) is 5.02 Å². The maximum atomic E-state index is 12.4. The van der Waals surface area contributed by atoms with E-state index in [0.29, 0.717) is 17.1 Å². The van der Waals surface area contributed by atoms with Gasteiger partial charge in [0.15, 0.2) is 0 Å². The maximum absolute atomic E-state index is 12.4. The van der Waals surface area contributed by atoms with Crippen molar-refractivity contribution in [1.82, 2.24) is 10.2 Å². The molecule has 0 atom stereocenters. The summed E-state index contributed by atoms with van der Waals surface area (Å²) < 4.78 is 0. The monoisotopic (exact) mass is 311 g/mol. The molecule has 0 heterocycles. The van der Waals surface area contributed by atoms with Crippen LogP contribution in [0, 0.1) is 0 Å². The van der Waals surface area contributed by atoms with Gasteiger partial charge in [0.05, 0.1) is 5.56 Å². The van der Waals surface area contributed by atoms with E-state index >= 15 is 0 Å². The molecule has 0 aliphatic carbocycles. The molecule has 1 aromatic rings. The van der Waals surface area contributed by atoms with Gasteiger partial charge in [0.2, 0.25) is 0 Å². The molecule has 1 amide bonds. The van der Waals surface area contributed by atoms with Crippen molar-refractivity contribution in [1.29, 1.82) is 0 Å². The minimum Gasteiger partial charge on any atom is -0.384 e. The Hall–Kier alpha value is -1.26. The van der Waals surface area contributed by atoms with Gasteiger partial charge >= 0.3 is 0 Å². The Morgan fingerprint density at radius 2 is 2.00 bits per heavy atom. The quantitative estimate of drug-likeness (QED) is 0.812. The minimum atomic E-state index is -0.106. The van der Waals surface area contributed by atoms with Crippen molar-refractivity contribution in [3.8, 4) is 0 Å². The summed E-state index contributed by atoms with van der Waals surface area (Å²) in [6, 6.07) is 5.35. The smallest absolute Gasteiger partial charge is 0.253 e. The van der Waals surface area contributed by atoms with Gasteiger partial charge in [0.25, 0.3) is 5.91 Å². The van der Waals surface area contributed by atoms with E-state index in [4.69, 9.17) is 11.6 Å². The Bertz CT molecular complexity index is 486. The predicted octanol–water partition coefficient (Wildman–Crippen LogP) is 3.23. The van der Waals surface area contributed by atoms with Crippen LogP contribution in [0.25, 0.3) is 0 Å². The first-order valence-corrected chi connectivity index (χ1v) is 7.64. The fourth-order valence-corrected chi connectivity index (χ4v) is 1.84. The van der Waals surface area contributed by atoms with Gasteiger partial charge in [-0.05, 0) is 52.6 Å². The van der Waals surface area contributed by atoms with Gasteiger partial charge < -0.3 is 15.5 Å². The number of hydrogen-bond acceptors (Lipinski definition) is 3. The summed E-state index contributed by atoms with van der Waals surface area (Å²) in [5, 5.41) is 6.81. The fourth-order valence-electron chi connectivity index (χ4n) is 1.67. The van der Waals surface area contributed by atoms with E-state index in [1.165, 1.54) is 0 Å². The molecule has 0 aliphatic heterocycles. The summed E-state index contributed by atoms with van der Waals surface area (Å²) >= 11 is 6.02. The Balaban J connectivity index is 2.83. The van der Waals surface area contributed by atoms with Crippen molar-refractivity contribution in [3.05, 3.63) is 28.8 Å². The SMILES string of the molecule is CCCNc1ccc(Cl)cc1C(=O)NCC(C)(C)N(C)C. The molecule has 0 spiro atoms. The van der Waals surface area contributed by atoms with Gasteiger partial charge in [0, 0.05) is 29.3 Å². The predicted molar refractivity (Wildman–Crippen MR) is 90.3 cm³/mol. The van der Waals surface area contributed by atoms with Crippen molar-refractivity contribution < 1.29 is 4.79 Å². The Labute approximate surface area is 132 Å². The number of amides is 1. The van der Waals surface area contributed by atoms with Crippen LogP contribution in [-0.4, -0.2) is 43.5 Å². The molecule has 4 nitrogen and oxygen atoms in total. The molecule has 0 aromatic heterocycles. The van der Waals surface area contributed by atoms with Crippen molar-refractivity contribution in [2.45, 2.75) is 32.7 Å². The van der Waals surface area contributed by atoms with Crippen LogP contribution >= 0.6 is 11.6 Å². The highest BCUT2D eigenvalue weighted by atomic mass is 35.5. The molecule has 0 unspecified atom stereocenters. The van der Waals surface area contributed by atoms with Gasteiger partial charge in [0.1, 0.15) is 0 Å². The van der Waals surface area contributed by atoms with Crippen LogP contribution in [0.4, 0.5) is 5.69 Å². The van der Waals surface area contributed by atoms with Crippen LogP contribution in [0.15, 0.2) is 18.2 Å². The molecule has 1 rings (SSSR count). The topological polar surface area (TPSA) is 44.4 Å². The van der Waals surface area contributed by atoms with Crippen molar-refractivity contribution in [2.24, 2.45) is 0 Å². The van der Waals surface area contributed by atoms with Crippen molar-refractivity contribution in [3.63, 3.8) is 0 Å². The third-order valence-electron chi connectivity index (χ3n) is 3.68. The zero-order valence-electron chi connectivity index (χ0n) is 13.6. The van der Waals surface area contributed by atoms with Crippen molar-refractivity contribution in [2.75, 3.05) is 32.5 Å². The van der Waals surface area contributed by atoms with E-state index in [1.807, 2.05) is 20.2 Å². The number of hydrogen-bond donors (Lipinski definition) is 2. The van der Waals surface area contributed by atoms with E-state index in [2.05, 4.69) is 36.3 Å². The second kappa shape index (κ2) is 7.66. The maximum Gasteiger partial charge on any atom is 0.253 e. The van der Waals surface area contributed by atoms with Gasteiger partial charge in [-0.3, -0.25) is 4.79 Å². The average molecular weight is 312 g/mol. The lowest BCUT2D eigenvalue weighted by atomic mass is 10.0. The summed E-state index contributed by atoms with van der Waals surface area (Å²) in [6.07, 6.45) is 0.997. The second-order valence-corrected chi connectivity index (χ2v) is 6.44. The molecule has 0 fully saturated rings. The first-order valence-electron chi connectivity index (χ1n) is 7.27. The minimum absolute atomic E-state index is 0.106. The molecule has 0 saturated heterocycles. The van der Waals surface area contributed by atoms with E-state index < -0.39 is 0 Å². The second-order valence-electron chi connectivity index (χ2n) is 6.01. The number of carbonyl (C=O) groups excluding carboxylic acids is 1. The van der Waals surface area contributed by atoms with Crippen LogP contribution in [0.5, 0.6) is 0 Å². The molecule has 0 saturated carbocycles. The summed E-state index contributed by atoms with van der Waals surface area (Å²) in [6.45, 7) is 7.65. The molecule has 21 heavy (non-hydrogen) atoms. The zero-order chi connectivity index (χ0) is 16.0. The van der Waals surface area contributed by atoms with E-state index in [1.54, 1.807) is 12.1 Å². The number of rotatable bonds is 7. The van der Waals surface area contributed by atoms with Gasteiger partial charge in [-0.1, -0.05) is 18.5 Å². The molecule has 0 aliphatic rings. The lowest BCUT2D eigenvalue weighted by molar-refractivity contribution is 0.0920. The van der Waals surface area contributed by atoms with Gasteiger partial charge in [-0.25, -0.2) is 0 Å². The Kier molecular flexibility index (Phi) is 6.49. The summed E-state index contributed by atoms with van der Waals surface area (Å²) in [5.74, 6) is -0.106. The van der Waals surface area contributed by atoms with Crippen molar-refractivity contribution >= 4 is 23.2 Å². The molecule has 118 valence electrons. The standard InChI is InChI=1S/C16H26ClN3O/c1-6-9-18-14-8-7-12(17)10-13(14)15(21)19-11-16(2,3)20(4)5/h7-8,10,18H,6,9,11H2,1-5H3,(H,19,21). The number of anilines is 1. The lowest BCUT2D eigenvalue weighted by Crippen LogP contribution is -2.48. The lowest BCUT2D eigenvalue weighted by Gasteiger charge is -2.32. The normalized spacial score (nSPS) is 11.6. The number of carbonyl (C=O) groups is 1. The van der Waals surface area contributed by atoms with Crippen LogP contribution in [-0.2, 0) is 0 Å². The van der Waals surface area contributed by atoms with E-state index in [-0.39, 0.29) is 11.4 Å². The third-order valence-corrected chi connectivity index (χ3v) is 3.92. The van der Waals surface area contributed by atoms with Gasteiger partial charge in [-0.15, -0.1) is 0 Å². The van der Waals surface area contributed by atoms with Crippen LogP contribution < -0.4 is 10.6 Å². The van der Waals surface area contributed by atoms with E-state index in [0.717, 1.165) is 18.7 Å². The molecule has 0 bridgehead atoms. The average Bonchev–Trinajstić information content (AvgIpc) is 2.43. The number of likely N-dealkylation sites (N-methyl/N-ethyl adjacent to an activating group) is 1. The largest absolute Gasteiger partial charge is 0.384 e. The Morgan fingerprint density at radius 1 is 1.33 bits per heavy atom. The molecular formula is C16H26ClN3O. The molecule has 5 heteroatoms. The number of halogens is 1. The number of nitrogens with zero attached hydrogens (tertiary/aromatic N) is 1. The highest BCUT2D eigenvalue weighted by Crippen LogP contribution is 2.21. The van der Waals surface area contributed by atoms with E-state index in [9.17, 15) is 4.79 Å². The summed E-state index contributed by atoms with van der Waals surface area (Å²) in [7, 11) is 4.00. The van der Waals surface area contributed by atoms with Crippen LogP contribution in [0.1, 0.15) is 37.6 Å². The highest BCUT2D eigenvalue weighted by molar-refractivity contribution is 6.31. The zero-order valence-corrected chi connectivity index (χ0v) is 14.3. The highest BCUT2D eigenvalue weighted by Gasteiger charge is 2.22. The molecular weight excluding hydrogens is 286 g/mol. The Morgan fingerprint density at radius 3 is 2.57 bits per heavy atom. The third kappa shape index (κ3) is 5.21. The fraction of sp³-hybridized carbons (Fsp3) is 0.562. The molecule has 1 aromatic carbocycles. The van der Waals surface area contributed by atoms with Gasteiger partial charge in [-0.2, -0.15) is 0 Å². The first-order chi connectivity index (χ1) is 9.77. The number of nitrogens with one attached hydrogen (secondary N) is 2. The number of benzene rings is 1. The summed E-state index contributed by atoms with van der Waals surface area (Å²) in [5.41, 5.74) is 1.30. The first kappa shape index (κ1) is 17.8.